The highest BCUT2D eigenvalue weighted by Crippen LogP contribution is 2.23. The molecular formula is C8H13N3OS2. The van der Waals surface area contributed by atoms with Crippen molar-refractivity contribution in [3.05, 3.63) is 0 Å². The van der Waals surface area contributed by atoms with Crippen LogP contribution in [0.3, 0.4) is 0 Å². The Morgan fingerprint density at radius 1 is 1.43 bits per heavy atom. The van der Waals surface area contributed by atoms with E-state index in [0.29, 0.717) is 12.6 Å². The van der Waals surface area contributed by atoms with Gasteiger partial charge in [-0.15, -0.1) is 4.37 Å². The summed E-state index contributed by atoms with van der Waals surface area (Å²) < 4.78 is 9.37. The number of nitrogens with zero attached hydrogens (tertiary/aromatic N) is 3. The summed E-state index contributed by atoms with van der Waals surface area (Å²) in [6, 6.07) is 0.519. The van der Waals surface area contributed by atoms with Gasteiger partial charge in [0.15, 0.2) is 0 Å². The topological polar surface area (TPSA) is 38.2 Å². The maximum atomic E-state index is 5.23. The summed E-state index contributed by atoms with van der Waals surface area (Å²) in [7, 11) is 0. The smallest absolute Gasteiger partial charge is 0.330 e. The zero-order chi connectivity index (χ0) is 9.80. The Morgan fingerprint density at radius 2 is 2.21 bits per heavy atom. The molecule has 0 aliphatic carbocycles. The Hall–Kier alpha value is -0.490. The molecule has 0 unspecified atom stereocenters. The molecule has 1 aliphatic heterocycles. The van der Waals surface area contributed by atoms with Gasteiger partial charge in [0.2, 0.25) is 5.13 Å². The van der Waals surface area contributed by atoms with Gasteiger partial charge in [-0.1, -0.05) is 0 Å². The van der Waals surface area contributed by atoms with Gasteiger partial charge in [-0.05, 0) is 6.92 Å². The molecule has 14 heavy (non-hydrogen) atoms. The van der Waals surface area contributed by atoms with E-state index in [1.165, 1.54) is 23.0 Å². The summed E-state index contributed by atoms with van der Waals surface area (Å²) in [5.74, 6) is 2.37. The van der Waals surface area contributed by atoms with Crippen molar-refractivity contribution in [2.45, 2.75) is 6.92 Å². The molecule has 2 rings (SSSR count). The van der Waals surface area contributed by atoms with Crippen molar-refractivity contribution in [2.24, 2.45) is 0 Å². The molecule has 1 fully saturated rings. The van der Waals surface area contributed by atoms with Crippen molar-refractivity contribution in [3.63, 3.8) is 0 Å². The minimum atomic E-state index is 0.519. The molecule has 0 bridgehead atoms. The van der Waals surface area contributed by atoms with E-state index in [9.17, 15) is 0 Å². The van der Waals surface area contributed by atoms with Crippen LogP contribution in [0.15, 0.2) is 0 Å². The monoisotopic (exact) mass is 231 g/mol. The third-order valence-corrected chi connectivity index (χ3v) is 3.65. The normalized spacial score (nSPS) is 17.1. The lowest BCUT2D eigenvalue weighted by molar-refractivity contribution is 0.317. The van der Waals surface area contributed by atoms with Crippen LogP contribution >= 0.6 is 23.3 Å². The first kappa shape index (κ1) is 10.0. The molecule has 78 valence electrons. The minimum Gasteiger partial charge on any atom is -0.463 e. The van der Waals surface area contributed by atoms with Crippen LogP contribution in [0.25, 0.3) is 0 Å². The lowest BCUT2D eigenvalue weighted by Gasteiger charge is -2.24. The zero-order valence-electron chi connectivity index (χ0n) is 8.10. The number of hydrogen-bond donors (Lipinski definition) is 0. The molecule has 0 amide bonds. The van der Waals surface area contributed by atoms with Gasteiger partial charge in [0.1, 0.15) is 0 Å². The quantitative estimate of drug-likeness (QED) is 0.788. The Labute approximate surface area is 91.8 Å². The maximum absolute atomic E-state index is 5.23. The molecule has 4 nitrogen and oxygen atoms in total. The van der Waals surface area contributed by atoms with Crippen LogP contribution < -0.4 is 9.64 Å². The van der Waals surface area contributed by atoms with Crippen LogP contribution in [0, 0.1) is 0 Å². The lowest BCUT2D eigenvalue weighted by atomic mass is 10.5. The Balaban J connectivity index is 2.00. The summed E-state index contributed by atoms with van der Waals surface area (Å²) in [5, 5.41) is 0.994. The predicted molar refractivity (Wildman–Crippen MR) is 60.6 cm³/mol. The highest BCUT2D eigenvalue weighted by atomic mass is 32.2. The average molecular weight is 231 g/mol. The molecule has 0 saturated carbocycles. The van der Waals surface area contributed by atoms with Gasteiger partial charge in [0.05, 0.1) is 6.61 Å². The number of anilines is 1. The lowest BCUT2D eigenvalue weighted by Crippen LogP contribution is -2.32. The predicted octanol–water partition coefficient (Wildman–Crippen LogP) is 1.49. The third kappa shape index (κ3) is 2.30. The fourth-order valence-electron chi connectivity index (χ4n) is 1.27. The summed E-state index contributed by atoms with van der Waals surface area (Å²) >= 11 is 3.42. The van der Waals surface area contributed by atoms with Gasteiger partial charge in [0, 0.05) is 36.1 Å². The second kappa shape index (κ2) is 4.84. The molecule has 0 aromatic carbocycles. The van der Waals surface area contributed by atoms with Gasteiger partial charge in [-0.2, -0.15) is 16.7 Å². The standard InChI is InChI=1S/C8H13N3OS2/c1-2-12-7-9-8(14-10-7)11-3-5-13-6-4-11/h2-6H2,1H3. The molecular weight excluding hydrogens is 218 g/mol. The molecule has 0 spiro atoms. The maximum Gasteiger partial charge on any atom is 0.330 e. The van der Waals surface area contributed by atoms with Gasteiger partial charge in [0.25, 0.3) is 0 Å². The van der Waals surface area contributed by atoms with Gasteiger partial charge in [-0.25, -0.2) is 0 Å². The summed E-state index contributed by atoms with van der Waals surface area (Å²) in [4.78, 5) is 6.60. The summed E-state index contributed by atoms with van der Waals surface area (Å²) in [6.07, 6.45) is 0. The molecule has 1 aliphatic rings. The van der Waals surface area contributed by atoms with Crippen molar-refractivity contribution in [3.8, 4) is 6.01 Å². The SMILES string of the molecule is CCOc1nsc(N2CCSCC2)n1. The van der Waals surface area contributed by atoms with E-state index < -0.39 is 0 Å². The van der Waals surface area contributed by atoms with Crippen LogP contribution in [-0.4, -0.2) is 40.6 Å². The third-order valence-electron chi connectivity index (χ3n) is 1.95. The van der Waals surface area contributed by atoms with E-state index in [2.05, 4.69) is 14.3 Å². The Morgan fingerprint density at radius 3 is 2.93 bits per heavy atom. The molecule has 2 heterocycles. The second-order valence-corrected chi connectivity index (χ2v) is 4.85. The van der Waals surface area contributed by atoms with Crippen molar-refractivity contribution >= 4 is 28.4 Å². The van der Waals surface area contributed by atoms with E-state index in [0.717, 1.165) is 18.2 Å². The molecule has 0 radical (unpaired) electrons. The van der Waals surface area contributed by atoms with E-state index in [4.69, 9.17) is 4.74 Å². The van der Waals surface area contributed by atoms with Crippen LogP contribution in [0.4, 0.5) is 5.13 Å². The first-order chi connectivity index (χ1) is 6.90. The molecule has 6 heteroatoms. The van der Waals surface area contributed by atoms with Crippen LogP contribution in [0.2, 0.25) is 0 Å². The molecule has 1 aromatic heterocycles. The van der Waals surface area contributed by atoms with Crippen LogP contribution in [-0.2, 0) is 0 Å². The number of hydrogen-bond acceptors (Lipinski definition) is 6. The largest absolute Gasteiger partial charge is 0.463 e. The average Bonchev–Trinajstić information content (AvgIpc) is 2.68. The van der Waals surface area contributed by atoms with Crippen molar-refractivity contribution in [1.29, 1.82) is 0 Å². The summed E-state index contributed by atoms with van der Waals surface area (Å²) in [5.41, 5.74) is 0. The fourth-order valence-corrected chi connectivity index (χ4v) is 2.85. The molecule has 1 aromatic rings. The van der Waals surface area contributed by atoms with Gasteiger partial charge >= 0.3 is 6.01 Å². The fraction of sp³-hybridized carbons (Fsp3) is 0.750. The van der Waals surface area contributed by atoms with E-state index in [1.54, 1.807) is 0 Å². The van der Waals surface area contributed by atoms with Gasteiger partial charge in [-0.3, -0.25) is 0 Å². The van der Waals surface area contributed by atoms with Crippen molar-refractivity contribution in [2.75, 3.05) is 36.1 Å². The zero-order valence-corrected chi connectivity index (χ0v) is 9.73. The van der Waals surface area contributed by atoms with Crippen molar-refractivity contribution < 1.29 is 4.74 Å². The highest BCUT2D eigenvalue weighted by molar-refractivity contribution is 7.99. The Kier molecular flexibility index (Phi) is 3.47. The van der Waals surface area contributed by atoms with Crippen LogP contribution in [0.1, 0.15) is 6.92 Å². The van der Waals surface area contributed by atoms with E-state index in [-0.39, 0.29) is 0 Å². The highest BCUT2D eigenvalue weighted by Gasteiger charge is 2.15. The summed E-state index contributed by atoms with van der Waals surface area (Å²) in [6.45, 7) is 4.72. The van der Waals surface area contributed by atoms with Crippen LogP contribution in [0.5, 0.6) is 6.01 Å². The van der Waals surface area contributed by atoms with Crippen molar-refractivity contribution in [1.82, 2.24) is 9.36 Å². The molecule has 1 saturated heterocycles. The van der Waals surface area contributed by atoms with Gasteiger partial charge < -0.3 is 9.64 Å². The van der Waals surface area contributed by atoms with E-state index >= 15 is 0 Å². The number of aromatic nitrogens is 2. The second-order valence-electron chi connectivity index (χ2n) is 2.89. The minimum absolute atomic E-state index is 0.519. The molecule has 0 atom stereocenters. The number of thioether (sulfide) groups is 1. The van der Waals surface area contributed by atoms with E-state index in [1.807, 2.05) is 18.7 Å². The first-order valence-electron chi connectivity index (χ1n) is 4.69. The first-order valence-corrected chi connectivity index (χ1v) is 6.62. The number of ether oxygens (including phenoxy) is 1. The Bertz CT molecular complexity index is 286. The number of rotatable bonds is 3. The molecule has 0 N–H and O–H groups in total.